The van der Waals surface area contributed by atoms with Crippen LogP contribution in [0.4, 0.5) is 0 Å². The summed E-state index contributed by atoms with van der Waals surface area (Å²) < 4.78 is 0. The highest BCUT2D eigenvalue weighted by atomic mass is 16.3. The molecular weight excluding hydrogens is 272 g/mol. The summed E-state index contributed by atoms with van der Waals surface area (Å²) in [5, 5.41) is 20.3. The number of allylic oxidation sites excluding steroid dienone is 1. The molecule has 0 unspecified atom stereocenters. The molecule has 5 atom stereocenters. The quantitative estimate of drug-likeness (QED) is 0.735. The number of hydrogen-bond acceptors (Lipinski definition) is 2. The van der Waals surface area contributed by atoms with E-state index in [0.29, 0.717) is 11.8 Å². The molecule has 2 aliphatic rings. The summed E-state index contributed by atoms with van der Waals surface area (Å²) in [6.45, 7) is 14.9. The van der Waals surface area contributed by atoms with E-state index in [0.717, 1.165) is 32.1 Å². The minimum absolute atomic E-state index is 0.0485. The van der Waals surface area contributed by atoms with Crippen molar-refractivity contribution in [3.05, 3.63) is 24.8 Å². The highest BCUT2D eigenvalue weighted by molar-refractivity contribution is 5.16. The van der Waals surface area contributed by atoms with E-state index in [1.165, 1.54) is 18.4 Å². The van der Waals surface area contributed by atoms with E-state index in [2.05, 4.69) is 27.0 Å². The van der Waals surface area contributed by atoms with Crippen molar-refractivity contribution in [1.29, 1.82) is 0 Å². The molecule has 0 amide bonds. The molecule has 0 aromatic rings. The summed E-state index contributed by atoms with van der Waals surface area (Å²) in [6, 6.07) is 0. The van der Waals surface area contributed by atoms with Crippen molar-refractivity contribution in [3.8, 4) is 0 Å². The third-order valence-corrected chi connectivity index (χ3v) is 6.88. The molecule has 22 heavy (non-hydrogen) atoms. The molecule has 0 aromatic heterocycles. The lowest BCUT2D eigenvalue weighted by Crippen LogP contribution is -2.52. The number of aliphatic hydroxyl groups is 2. The van der Waals surface area contributed by atoms with Crippen LogP contribution >= 0.6 is 0 Å². The van der Waals surface area contributed by atoms with E-state index in [-0.39, 0.29) is 17.4 Å². The summed E-state index contributed by atoms with van der Waals surface area (Å²) in [7, 11) is 0. The van der Waals surface area contributed by atoms with Crippen molar-refractivity contribution in [2.45, 2.75) is 71.3 Å². The Morgan fingerprint density at radius 1 is 1.36 bits per heavy atom. The zero-order valence-electron chi connectivity index (χ0n) is 14.7. The van der Waals surface area contributed by atoms with Crippen LogP contribution in [0.5, 0.6) is 0 Å². The molecule has 0 bridgehead atoms. The van der Waals surface area contributed by atoms with Gasteiger partial charge in [-0.15, -0.1) is 6.58 Å². The average Bonchev–Trinajstić information content (AvgIpc) is 2.46. The van der Waals surface area contributed by atoms with E-state index in [1.54, 1.807) is 6.08 Å². The summed E-state index contributed by atoms with van der Waals surface area (Å²) in [4.78, 5) is 0. The lowest BCUT2D eigenvalue weighted by Gasteiger charge is -2.58. The van der Waals surface area contributed by atoms with Gasteiger partial charge in [0.2, 0.25) is 0 Å². The van der Waals surface area contributed by atoms with Gasteiger partial charge in [-0.3, -0.25) is 0 Å². The smallest absolute Gasteiger partial charge is 0.0797 e. The first kappa shape index (κ1) is 17.7. The Morgan fingerprint density at radius 3 is 2.64 bits per heavy atom. The van der Waals surface area contributed by atoms with E-state index in [1.807, 2.05) is 6.92 Å². The van der Waals surface area contributed by atoms with Gasteiger partial charge in [0.1, 0.15) is 0 Å². The molecule has 0 heterocycles. The minimum atomic E-state index is -0.793. The van der Waals surface area contributed by atoms with Crippen molar-refractivity contribution < 1.29 is 10.2 Å². The van der Waals surface area contributed by atoms with Crippen LogP contribution in [0.2, 0.25) is 0 Å². The zero-order valence-corrected chi connectivity index (χ0v) is 14.7. The van der Waals surface area contributed by atoms with Gasteiger partial charge in [-0.1, -0.05) is 38.5 Å². The van der Waals surface area contributed by atoms with E-state index in [4.69, 9.17) is 0 Å². The van der Waals surface area contributed by atoms with E-state index < -0.39 is 5.60 Å². The molecule has 0 aliphatic heterocycles. The fourth-order valence-electron chi connectivity index (χ4n) is 5.34. The van der Waals surface area contributed by atoms with Crippen molar-refractivity contribution >= 4 is 0 Å². The van der Waals surface area contributed by atoms with Crippen LogP contribution in [0.3, 0.4) is 0 Å². The largest absolute Gasteiger partial charge is 0.396 e. The van der Waals surface area contributed by atoms with Crippen LogP contribution in [0.1, 0.15) is 65.7 Å². The van der Waals surface area contributed by atoms with Crippen molar-refractivity contribution in [2.24, 2.45) is 22.7 Å². The molecule has 0 saturated heterocycles. The third-order valence-electron chi connectivity index (χ3n) is 6.88. The maximum Gasteiger partial charge on any atom is 0.0797 e. The van der Waals surface area contributed by atoms with E-state index in [9.17, 15) is 10.2 Å². The average molecular weight is 306 g/mol. The van der Waals surface area contributed by atoms with Gasteiger partial charge in [-0.25, -0.2) is 0 Å². The molecule has 2 heteroatoms. The number of aliphatic hydroxyl groups excluding tert-OH is 1. The highest BCUT2D eigenvalue weighted by Crippen LogP contribution is 2.61. The van der Waals surface area contributed by atoms with Crippen molar-refractivity contribution in [2.75, 3.05) is 6.61 Å². The summed E-state index contributed by atoms with van der Waals surface area (Å²) in [6.07, 6.45) is 9.10. The lowest BCUT2D eigenvalue weighted by molar-refractivity contribution is -0.0885. The Kier molecular flexibility index (Phi) is 4.94. The molecule has 0 spiro atoms. The van der Waals surface area contributed by atoms with Gasteiger partial charge >= 0.3 is 0 Å². The highest BCUT2D eigenvalue weighted by Gasteiger charge is 2.54. The molecule has 2 saturated carbocycles. The first-order valence-corrected chi connectivity index (χ1v) is 8.83. The molecule has 2 nitrogen and oxygen atoms in total. The number of fused-ring (bicyclic) bond motifs is 1. The van der Waals surface area contributed by atoms with Crippen LogP contribution in [-0.2, 0) is 0 Å². The van der Waals surface area contributed by atoms with Gasteiger partial charge in [0.05, 0.1) is 5.60 Å². The molecule has 2 rings (SSSR count). The van der Waals surface area contributed by atoms with Crippen LogP contribution < -0.4 is 0 Å². The molecule has 0 aromatic carbocycles. The maximum absolute atomic E-state index is 10.3. The SMILES string of the molecule is C=C[C@@](C)(O)CC[C@@H]1C(=C)CC[C@H]2[C@@](C)(CO)CCC[C@]12C. The minimum Gasteiger partial charge on any atom is -0.396 e. The second kappa shape index (κ2) is 6.13. The second-order valence-electron chi connectivity index (χ2n) is 8.57. The number of rotatable bonds is 5. The lowest BCUT2D eigenvalue weighted by atomic mass is 9.46. The summed E-state index contributed by atoms with van der Waals surface area (Å²) in [5.74, 6) is 1.01. The van der Waals surface area contributed by atoms with Crippen LogP contribution in [0.25, 0.3) is 0 Å². The van der Waals surface area contributed by atoms with E-state index >= 15 is 0 Å². The molecule has 2 fully saturated rings. The first-order valence-electron chi connectivity index (χ1n) is 8.83. The monoisotopic (exact) mass is 306 g/mol. The Bertz CT molecular complexity index is 439. The van der Waals surface area contributed by atoms with Gasteiger partial charge in [0.25, 0.3) is 0 Å². The van der Waals surface area contributed by atoms with Crippen LogP contribution in [0.15, 0.2) is 24.8 Å². The Balaban J connectivity index is 2.24. The fourth-order valence-corrected chi connectivity index (χ4v) is 5.34. The summed E-state index contributed by atoms with van der Waals surface area (Å²) >= 11 is 0. The Hall–Kier alpha value is -0.600. The van der Waals surface area contributed by atoms with Crippen molar-refractivity contribution in [1.82, 2.24) is 0 Å². The zero-order chi connectivity index (χ0) is 16.6. The van der Waals surface area contributed by atoms with Gasteiger partial charge in [0.15, 0.2) is 0 Å². The fraction of sp³-hybridized carbons (Fsp3) is 0.800. The normalized spacial score (nSPS) is 41.6. The van der Waals surface area contributed by atoms with Crippen molar-refractivity contribution in [3.63, 3.8) is 0 Å². The van der Waals surface area contributed by atoms with Gasteiger partial charge in [-0.2, -0.15) is 0 Å². The molecular formula is C20H34O2. The van der Waals surface area contributed by atoms with Crippen LogP contribution in [0, 0.1) is 22.7 Å². The Morgan fingerprint density at radius 2 is 2.05 bits per heavy atom. The topological polar surface area (TPSA) is 40.5 Å². The predicted molar refractivity (Wildman–Crippen MR) is 92.6 cm³/mol. The maximum atomic E-state index is 10.3. The Labute approximate surface area is 136 Å². The predicted octanol–water partition coefficient (Wildman–Crippen LogP) is 4.47. The standard InChI is InChI=1S/C20H34O2/c1-6-19(4,22)13-10-16-15(2)8-9-17-18(3,14-21)11-7-12-20(16,17)5/h6,16-17,21-22H,1-2,7-14H2,3-5H3/t16-,17+,18-,19-,20-/m1/s1. The first-order chi connectivity index (χ1) is 10.2. The molecule has 0 radical (unpaired) electrons. The number of hydrogen-bond donors (Lipinski definition) is 2. The molecule has 2 aliphatic carbocycles. The summed E-state index contributed by atoms with van der Waals surface area (Å²) in [5.41, 5.74) is 0.814. The van der Waals surface area contributed by atoms with Gasteiger partial charge in [0, 0.05) is 6.61 Å². The van der Waals surface area contributed by atoms with Gasteiger partial charge in [-0.05, 0) is 68.1 Å². The molecule has 126 valence electrons. The second-order valence-corrected chi connectivity index (χ2v) is 8.57. The van der Waals surface area contributed by atoms with Gasteiger partial charge < -0.3 is 10.2 Å². The van der Waals surface area contributed by atoms with Crippen LogP contribution in [-0.4, -0.2) is 22.4 Å². The molecule has 2 N–H and O–H groups in total. The third kappa shape index (κ3) is 3.05.